The smallest absolute Gasteiger partial charge is 0.171 e. The Morgan fingerprint density at radius 1 is 0.900 bits per heavy atom. The van der Waals surface area contributed by atoms with Gasteiger partial charge in [0.1, 0.15) is 0 Å². The molecule has 0 bridgehead atoms. The van der Waals surface area contributed by atoms with Crippen molar-refractivity contribution in [3.63, 3.8) is 0 Å². The molecule has 0 N–H and O–H groups in total. The van der Waals surface area contributed by atoms with Crippen molar-refractivity contribution in [2.75, 3.05) is 0 Å². The van der Waals surface area contributed by atoms with Crippen LogP contribution in [0.2, 0.25) is 0 Å². The summed E-state index contributed by atoms with van der Waals surface area (Å²) in [6, 6.07) is 0. The Kier molecular flexibility index (Phi) is 5.07. The van der Waals surface area contributed by atoms with E-state index in [1.165, 1.54) is 45.4 Å². The van der Waals surface area contributed by atoms with Gasteiger partial charge < -0.3 is 0 Å². The van der Waals surface area contributed by atoms with E-state index in [4.69, 9.17) is 0 Å². The van der Waals surface area contributed by atoms with Crippen molar-refractivity contribution in [3.8, 4) is 0 Å². The standard InChI is InChI=1S/C17H29F3/c1-3-4-13-5-7-14(8-6-13)15-9-11-16(2,12-10-15)17(18,19)20/h13-15H,3-12H2,1-2H3. The highest BCUT2D eigenvalue weighted by Crippen LogP contribution is 2.52. The van der Waals surface area contributed by atoms with Gasteiger partial charge in [0, 0.05) is 0 Å². The fraction of sp³-hybridized carbons (Fsp3) is 1.00. The molecule has 0 unspecified atom stereocenters. The molecule has 0 heterocycles. The molecule has 3 heteroatoms. The van der Waals surface area contributed by atoms with Gasteiger partial charge in [0.05, 0.1) is 5.41 Å². The molecule has 2 saturated carbocycles. The Hall–Kier alpha value is -0.210. The maximum atomic E-state index is 13.0. The maximum absolute atomic E-state index is 13.0. The van der Waals surface area contributed by atoms with Gasteiger partial charge in [-0.2, -0.15) is 13.2 Å². The van der Waals surface area contributed by atoms with Crippen LogP contribution >= 0.6 is 0 Å². The third kappa shape index (κ3) is 3.51. The molecule has 0 nitrogen and oxygen atoms in total. The number of rotatable bonds is 3. The molecule has 0 aromatic heterocycles. The molecule has 2 fully saturated rings. The Morgan fingerprint density at radius 2 is 1.40 bits per heavy atom. The molecular weight excluding hydrogens is 261 g/mol. The lowest BCUT2D eigenvalue weighted by atomic mass is 9.64. The molecule has 118 valence electrons. The minimum Gasteiger partial charge on any atom is -0.171 e. The number of hydrogen-bond acceptors (Lipinski definition) is 0. The summed E-state index contributed by atoms with van der Waals surface area (Å²) in [5.74, 6) is 2.16. The highest BCUT2D eigenvalue weighted by molar-refractivity contribution is 4.90. The van der Waals surface area contributed by atoms with Gasteiger partial charge in [-0.25, -0.2) is 0 Å². The SMILES string of the molecule is CCCC1CCC(C2CCC(C)(C(F)(F)F)CC2)CC1. The van der Waals surface area contributed by atoms with Crippen molar-refractivity contribution in [1.82, 2.24) is 0 Å². The van der Waals surface area contributed by atoms with Crippen LogP contribution < -0.4 is 0 Å². The van der Waals surface area contributed by atoms with Crippen molar-refractivity contribution in [3.05, 3.63) is 0 Å². The topological polar surface area (TPSA) is 0 Å². The molecule has 0 radical (unpaired) electrons. The van der Waals surface area contributed by atoms with Gasteiger partial charge in [-0.15, -0.1) is 0 Å². The summed E-state index contributed by atoms with van der Waals surface area (Å²) in [7, 11) is 0. The van der Waals surface area contributed by atoms with Crippen molar-refractivity contribution < 1.29 is 13.2 Å². The highest BCUT2D eigenvalue weighted by atomic mass is 19.4. The molecular formula is C17H29F3. The number of hydrogen-bond donors (Lipinski definition) is 0. The van der Waals surface area contributed by atoms with E-state index >= 15 is 0 Å². The zero-order valence-corrected chi connectivity index (χ0v) is 12.9. The summed E-state index contributed by atoms with van der Waals surface area (Å²) in [6.45, 7) is 3.66. The van der Waals surface area contributed by atoms with Crippen LogP contribution in [0.5, 0.6) is 0 Å². The monoisotopic (exact) mass is 290 g/mol. The Morgan fingerprint density at radius 3 is 1.85 bits per heavy atom. The van der Waals surface area contributed by atoms with Crippen LogP contribution in [-0.2, 0) is 0 Å². The van der Waals surface area contributed by atoms with E-state index in [1.807, 2.05) is 0 Å². The van der Waals surface area contributed by atoms with Crippen LogP contribution in [0.15, 0.2) is 0 Å². The fourth-order valence-corrected chi connectivity index (χ4v) is 4.39. The molecule has 0 aromatic rings. The largest absolute Gasteiger partial charge is 0.394 e. The summed E-state index contributed by atoms with van der Waals surface area (Å²) in [6.07, 6.45) is 6.00. The van der Waals surface area contributed by atoms with Gasteiger partial charge in [-0.05, 0) is 56.3 Å². The fourth-order valence-electron chi connectivity index (χ4n) is 4.39. The van der Waals surface area contributed by atoms with Gasteiger partial charge in [0.25, 0.3) is 0 Å². The number of alkyl halides is 3. The third-order valence-corrected chi connectivity index (χ3v) is 6.07. The van der Waals surface area contributed by atoms with Gasteiger partial charge >= 0.3 is 6.18 Å². The predicted molar refractivity (Wildman–Crippen MR) is 76.5 cm³/mol. The molecule has 0 aromatic carbocycles. The molecule has 20 heavy (non-hydrogen) atoms. The second-order valence-electron chi connectivity index (χ2n) is 7.47. The second-order valence-corrected chi connectivity index (χ2v) is 7.47. The normalized spacial score (nSPS) is 39.8. The molecule has 0 spiro atoms. The Balaban J connectivity index is 1.80. The molecule has 2 aliphatic carbocycles. The molecule has 0 amide bonds. The van der Waals surface area contributed by atoms with E-state index in [1.54, 1.807) is 0 Å². The van der Waals surface area contributed by atoms with Gasteiger partial charge in [-0.1, -0.05) is 39.5 Å². The van der Waals surface area contributed by atoms with Crippen molar-refractivity contribution in [2.45, 2.75) is 84.2 Å². The predicted octanol–water partition coefficient (Wildman–Crippen LogP) is 6.35. The van der Waals surface area contributed by atoms with E-state index < -0.39 is 11.6 Å². The summed E-state index contributed by atoms with van der Waals surface area (Å²) in [5.41, 5.74) is -1.41. The third-order valence-electron chi connectivity index (χ3n) is 6.07. The van der Waals surface area contributed by atoms with E-state index in [0.29, 0.717) is 24.7 Å². The minimum atomic E-state index is -4.02. The molecule has 2 rings (SSSR count). The second kappa shape index (κ2) is 6.27. The van der Waals surface area contributed by atoms with E-state index in [2.05, 4.69) is 6.92 Å². The van der Waals surface area contributed by atoms with Crippen LogP contribution in [0.25, 0.3) is 0 Å². The zero-order chi connectivity index (χ0) is 14.8. The van der Waals surface area contributed by atoms with Gasteiger partial charge in [-0.3, -0.25) is 0 Å². The molecule has 0 atom stereocenters. The lowest BCUT2D eigenvalue weighted by molar-refractivity contribution is -0.231. The minimum absolute atomic E-state index is 0.343. The van der Waals surface area contributed by atoms with E-state index in [9.17, 15) is 13.2 Å². The average Bonchev–Trinajstić information content (AvgIpc) is 2.40. The first-order chi connectivity index (χ1) is 9.36. The lowest BCUT2D eigenvalue weighted by Gasteiger charge is -2.42. The summed E-state index contributed by atoms with van der Waals surface area (Å²) >= 11 is 0. The van der Waals surface area contributed by atoms with Crippen LogP contribution in [0, 0.1) is 23.2 Å². The average molecular weight is 290 g/mol. The highest BCUT2D eigenvalue weighted by Gasteiger charge is 2.52. The van der Waals surface area contributed by atoms with Crippen molar-refractivity contribution in [2.24, 2.45) is 23.2 Å². The van der Waals surface area contributed by atoms with Crippen LogP contribution in [0.4, 0.5) is 13.2 Å². The maximum Gasteiger partial charge on any atom is 0.394 e. The van der Waals surface area contributed by atoms with Crippen LogP contribution in [0.1, 0.15) is 78.1 Å². The van der Waals surface area contributed by atoms with E-state index in [0.717, 1.165) is 18.8 Å². The summed E-state index contributed by atoms with van der Waals surface area (Å²) in [5, 5.41) is 0. The summed E-state index contributed by atoms with van der Waals surface area (Å²) < 4.78 is 39.1. The quantitative estimate of drug-likeness (QED) is 0.568. The first-order valence-electron chi connectivity index (χ1n) is 8.42. The first kappa shape index (κ1) is 16.2. The van der Waals surface area contributed by atoms with Gasteiger partial charge in [0.15, 0.2) is 0 Å². The molecule has 0 saturated heterocycles. The van der Waals surface area contributed by atoms with Gasteiger partial charge in [0.2, 0.25) is 0 Å². The molecule has 0 aliphatic heterocycles. The zero-order valence-electron chi connectivity index (χ0n) is 12.9. The molecule has 2 aliphatic rings. The first-order valence-corrected chi connectivity index (χ1v) is 8.42. The van der Waals surface area contributed by atoms with Crippen molar-refractivity contribution >= 4 is 0 Å². The van der Waals surface area contributed by atoms with Crippen LogP contribution in [0.3, 0.4) is 0 Å². The van der Waals surface area contributed by atoms with Crippen molar-refractivity contribution in [1.29, 1.82) is 0 Å². The lowest BCUT2D eigenvalue weighted by Crippen LogP contribution is -2.40. The van der Waals surface area contributed by atoms with E-state index in [-0.39, 0.29) is 0 Å². The Labute approximate surface area is 121 Å². The summed E-state index contributed by atoms with van der Waals surface area (Å²) in [4.78, 5) is 0. The Bertz CT molecular complexity index is 292. The number of halogens is 3. The van der Waals surface area contributed by atoms with Crippen LogP contribution in [-0.4, -0.2) is 6.18 Å².